The predicted molar refractivity (Wildman–Crippen MR) is 77.7 cm³/mol. The molecule has 8 nitrogen and oxygen atoms in total. The Bertz CT molecular complexity index is 924. The summed E-state index contributed by atoms with van der Waals surface area (Å²) in [5.41, 5.74) is -0.377. The van der Waals surface area contributed by atoms with E-state index in [1.807, 2.05) is 0 Å². The molecular formula is C14H12N4O4. The number of nitrogens with one attached hydrogen (secondary N) is 2. The molecule has 8 heteroatoms. The van der Waals surface area contributed by atoms with Gasteiger partial charge in [0.15, 0.2) is 0 Å². The van der Waals surface area contributed by atoms with Crippen molar-refractivity contribution in [2.24, 2.45) is 0 Å². The summed E-state index contributed by atoms with van der Waals surface area (Å²) in [6, 6.07) is 4.73. The lowest BCUT2D eigenvalue weighted by molar-refractivity contribution is 0.0951. The molecule has 0 bridgehead atoms. The first-order valence-corrected chi connectivity index (χ1v) is 6.55. The largest absolute Gasteiger partial charge is 0.472 e. The second kappa shape index (κ2) is 5.68. The Balaban J connectivity index is 1.78. The summed E-state index contributed by atoms with van der Waals surface area (Å²) in [4.78, 5) is 42.3. The zero-order valence-corrected chi connectivity index (χ0v) is 11.4. The number of H-pyrrole nitrogens is 1. The zero-order chi connectivity index (χ0) is 15.5. The second-order valence-electron chi connectivity index (χ2n) is 4.55. The molecule has 3 heterocycles. The lowest BCUT2D eigenvalue weighted by atomic mass is 10.3. The first-order valence-electron chi connectivity index (χ1n) is 6.55. The first-order chi connectivity index (χ1) is 10.7. The number of aromatic nitrogens is 3. The molecule has 3 aromatic rings. The molecule has 112 valence electrons. The number of rotatable bonds is 4. The summed E-state index contributed by atoms with van der Waals surface area (Å²) in [6.45, 7) is 0.196. The summed E-state index contributed by atoms with van der Waals surface area (Å²) in [6.07, 6.45) is 4.20. The van der Waals surface area contributed by atoms with Crippen molar-refractivity contribution in [1.29, 1.82) is 0 Å². The standard InChI is InChI=1S/C14H12N4O4/c19-12(9-3-7-22-8-9)16-5-6-18-13(20)10-2-1-4-15-11(10)17-14(18)21/h1-4,7-8H,5-6H2,(H,16,19)(H,15,17,21). The van der Waals surface area contributed by atoms with Crippen LogP contribution in [0.25, 0.3) is 11.0 Å². The molecule has 0 fully saturated rings. The average Bonchev–Trinajstić information content (AvgIpc) is 3.05. The third-order valence-electron chi connectivity index (χ3n) is 3.16. The molecule has 0 saturated heterocycles. The van der Waals surface area contributed by atoms with Gasteiger partial charge in [-0.15, -0.1) is 0 Å². The zero-order valence-electron chi connectivity index (χ0n) is 11.4. The Labute approximate surface area is 123 Å². The minimum atomic E-state index is -0.561. The van der Waals surface area contributed by atoms with Gasteiger partial charge in [-0.2, -0.15) is 0 Å². The van der Waals surface area contributed by atoms with Gasteiger partial charge in [0.1, 0.15) is 11.9 Å². The maximum atomic E-state index is 12.2. The molecule has 0 spiro atoms. The number of carbonyl (C=O) groups excluding carboxylic acids is 1. The van der Waals surface area contributed by atoms with Crippen molar-refractivity contribution in [3.63, 3.8) is 0 Å². The number of fused-ring (bicyclic) bond motifs is 1. The smallest absolute Gasteiger partial charge is 0.330 e. The van der Waals surface area contributed by atoms with Crippen molar-refractivity contribution < 1.29 is 9.21 Å². The van der Waals surface area contributed by atoms with Crippen LogP contribution in [-0.4, -0.2) is 27.0 Å². The predicted octanol–water partition coefficient (Wildman–Crippen LogP) is 0.108. The minimum absolute atomic E-state index is 0.0581. The summed E-state index contributed by atoms with van der Waals surface area (Å²) in [7, 11) is 0. The fourth-order valence-corrected chi connectivity index (χ4v) is 2.06. The third kappa shape index (κ3) is 2.53. The van der Waals surface area contributed by atoms with E-state index in [-0.39, 0.29) is 24.6 Å². The summed E-state index contributed by atoms with van der Waals surface area (Å²) < 4.78 is 5.84. The summed E-state index contributed by atoms with van der Waals surface area (Å²) >= 11 is 0. The van der Waals surface area contributed by atoms with E-state index < -0.39 is 11.2 Å². The van der Waals surface area contributed by atoms with Gasteiger partial charge in [0.05, 0.1) is 17.2 Å². The van der Waals surface area contributed by atoms with Crippen LogP contribution in [0.15, 0.2) is 50.9 Å². The molecule has 2 N–H and O–H groups in total. The maximum Gasteiger partial charge on any atom is 0.330 e. The monoisotopic (exact) mass is 300 g/mol. The fraction of sp³-hybridized carbons (Fsp3) is 0.143. The van der Waals surface area contributed by atoms with Gasteiger partial charge in [0.2, 0.25) is 0 Å². The van der Waals surface area contributed by atoms with Crippen molar-refractivity contribution in [2.75, 3.05) is 6.54 Å². The van der Waals surface area contributed by atoms with Gasteiger partial charge < -0.3 is 9.73 Å². The van der Waals surface area contributed by atoms with Crippen LogP contribution in [-0.2, 0) is 6.54 Å². The van der Waals surface area contributed by atoms with Crippen molar-refractivity contribution >= 4 is 16.9 Å². The highest BCUT2D eigenvalue weighted by molar-refractivity contribution is 5.93. The quantitative estimate of drug-likeness (QED) is 0.710. The molecule has 0 aliphatic heterocycles. The Hall–Kier alpha value is -3.16. The third-order valence-corrected chi connectivity index (χ3v) is 3.16. The Morgan fingerprint density at radius 3 is 3.00 bits per heavy atom. The molecule has 0 saturated carbocycles. The number of pyridine rings is 1. The number of nitrogens with zero attached hydrogens (tertiary/aromatic N) is 2. The van der Waals surface area contributed by atoms with Gasteiger partial charge in [-0.05, 0) is 18.2 Å². The SMILES string of the molecule is O=C(NCCn1c(=O)[nH]c2ncccc2c1=O)c1ccoc1. The van der Waals surface area contributed by atoms with E-state index in [9.17, 15) is 14.4 Å². The number of amides is 1. The molecule has 3 rings (SSSR count). The van der Waals surface area contributed by atoms with Crippen LogP contribution < -0.4 is 16.6 Å². The molecule has 1 amide bonds. The number of hydrogen-bond donors (Lipinski definition) is 2. The minimum Gasteiger partial charge on any atom is -0.472 e. The number of carbonyl (C=O) groups is 1. The Morgan fingerprint density at radius 2 is 2.23 bits per heavy atom. The van der Waals surface area contributed by atoms with E-state index in [2.05, 4.69) is 15.3 Å². The molecule has 0 atom stereocenters. The number of hydrogen-bond acceptors (Lipinski definition) is 5. The molecule has 3 aromatic heterocycles. The number of aromatic amines is 1. The second-order valence-corrected chi connectivity index (χ2v) is 4.55. The molecule has 0 unspecified atom stereocenters. The van der Waals surface area contributed by atoms with E-state index in [4.69, 9.17) is 4.42 Å². The van der Waals surface area contributed by atoms with Crippen LogP contribution in [0.4, 0.5) is 0 Å². The molecule has 0 radical (unpaired) electrons. The van der Waals surface area contributed by atoms with Crippen LogP contribution >= 0.6 is 0 Å². The van der Waals surface area contributed by atoms with Crippen LogP contribution in [0.2, 0.25) is 0 Å². The summed E-state index contributed by atoms with van der Waals surface area (Å²) in [5.74, 6) is -0.333. The van der Waals surface area contributed by atoms with Gasteiger partial charge in [0, 0.05) is 19.3 Å². The van der Waals surface area contributed by atoms with Crippen molar-refractivity contribution in [3.05, 3.63) is 63.3 Å². The normalized spacial score (nSPS) is 10.7. The lowest BCUT2D eigenvalue weighted by Crippen LogP contribution is -2.39. The summed E-state index contributed by atoms with van der Waals surface area (Å²) in [5, 5.41) is 2.93. The van der Waals surface area contributed by atoms with Gasteiger partial charge >= 0.3 is 5.69 Å². The maximum absolute atomic E-state index is 12.2. The van der Waals surface area contributed by atoms with Gasteiger partial charge in [-0.1, -0.05) is 0 Å². The highest BCUT2D eigenvalue weighted by atomic mass is 16.3. The molecule has 0 aliphatic carbocycles. The highest BCUT2D eigenvalue weighted by Crippen LogP contribution is 2.00. The molecule has 22 heavy (non-hydrogen) atoms. The van der Waals surface area contributed by atoms with Crippen LogP contribution in [0.1, 0.15) is 10.4 Å². The van der Waals surface area contributed by atoms with Crippen molar-refractivity contribution in [3.8, 4) is 0 Å². The van der Waals surface area contributed by atoms with Gasteiger partial charge in [-0.25, -0.2) is 9.78 Å². The number of furan rings is 1. The molecule has 0 aromatic carbocycles. The lowest BCUT2D eigenvalue weighted by Gasteiger charge is -2.07. The fourth-order valence-electron chi connectivity index (χ4n) is 2.06. The van der Waals surface area contributed by atoms with Crippen molar-refractivity contribution in [1.82, 2.24) is 19.9 Å². The topological polar surface area (TPSA) is 110 Å². The average molecular weight is 300 g/mol. The van der Waals surface area contributed by atoms with Gasteiger partial charge in [0.25, 0.3) is 11.5 Å². The van der Waals surface area contributed by atoms with Crippen LogP contribution in [0, 0.1) is 0 Å². The molecular weight excluding hydrogens is 288 g/mol. The van der Waals surface area contributed by atoms with Crippen LogP contribution in [0.3, 0.4) is 0 Å². The van der Waals surface area contributed by atoms with E-state index in [0.717, 1.165) is 4.57 Å². The Morgan fingerprint density at radius 1 is 1.36 bits per heavy atom. The first kappa shape index (κ1) is 13.8. The van der Waals surface area contributed by atoms with E-state index in [0.29, 0.717) is 10.9 Å². The van der Waals surface area contributed by atoms with E-state index in [1.54, 1.807) is 12.1 Å². The van der Waals surface area contributed by atoms with E-state index >= 15 is 0 Å². The van der Waals surface area contributed by atoms with E-state index in [1.165, 1.54) is 24.8 Å². The highest BCUT2D eigenvalue weighted by Gasteiger charge is 2.09. The van der Waals surface area contributed by atoms with Gasteiger partial charge in [-0.3, -0.25) is 19.1 Å². The molecule has 0 aliphatic rings. The Kier molecular flexibility index (Phi) is 3.57. The van der Waals surface area contributed by atoms with Crippen molar-refractivity contribution in [2.45, 2.75) is 6.54 Å². The van der Waals surface area contributed by atoms with Crippen LogP contribution in [0.5, 0.6) is 0 Å².